The van der Waals surface area contributed by atoms with Crippen LogP contribution in [0.25, 0.3) is 0 Å². The quantitative estimate of drug-likeness (QED) is 0.702. The van der Waals surface area contributed by atoms with Crippen LogP contribution >= 0.6 is 0 Å². The van der Waals surface area contributed by atoms with Crippen molar-refractivity contribution in [3.8, 4) is 0 Å². The van der Waals surface area contributed by atoms with Gasteiger partial charge in [-0.1, -0.05) is 6.92 Å². The van der Waals surface area contributed by atoms with Crippen LogP contribution in [0, 0.1) is 11.8 Å². The maximum Gasteiger partial charge on any atom is 0.328 e. The van der Waals surface area contributed by atoms with E-state index in [1.54, 1.807) is 20.8 Å². The summed E-state index contributed by atoms with van der Waals surface area (Å²) in [6.45, 7) is 5.93. The van der Waals surface area contributed by atoms with Gasteiger partial charge in [0, 0.05) is 19.0 Å². The third kappa shape index (κ3) is 3.84. The van der Waals surface area contributed by atoms with Gasteiger partial charge in [-0.15, -0.1) is 0 Å². The van der Waals surface area contributed by atoms with Crippen LogP contribution in [0.1, 0.15) is 20.8 Å². The van der Waals surface area contributed by atoms with Gasteiger partial charge in [-0.05, 0) is 13.8 Å². The third-order valence-electron chi connectivity index (χ3n) is 3.27. The molecular formula is C12H20N2O5. The Bertz CT molecular complexity index is 365. The van der Waals surface area contributed by atoms with Gasteiger partial charge in [-0.3, -0.25) is 4.79 Å². The lowest BCUT2D eigenvalue weighted by atomic mass is 9.87. The summed E-state index contributed by atoms with van der Waals surface area (Å²) in [6, 6.07) is -1.07. The van der Waals surface area contributed by atoms with E-state index < -0.39 is 23.9 Å². The van der Waals surface area contributed by atoms with Crippen molar-refractivity contribution in [2.24, 2.45) is 11.8 Å². The van der Waals surface area contributed by atoms with Crippen LogP contribution in [0.3, 0.4) is 0 Å². The topological polar surface area (TPSA) is 95.9 Å². The predicted octanol–water partition coefficient (Wildman–Crippen LogP) is 0.300. The second-order valence-electron chi connectivity index (χ2n) is 4.72. The van der Waals surface area contributed by atoms with E-state index in [-0.39, 0.29) is 18.6 Å². The number of nitrogens with one attached hydrogen (secondary N) is 1. The fourth-order valence-electron chi connectivity index (χ4n) is 1.80. The summed E-state index contributed by atoms with van der Waals surface area (Å²) >= 11 is 0. The number of rotatable bonds is 5. The van der Waals surface area contributed by atoms with Crippen LogP contribution in [0.2, 0.25) is 0 Å². The molecule has 0 aromatic rings. The molecule has 0 aromatic heterocycles. The first-order valence-electron chi connectivity index (χ1n) is 6.31. The molecule has 0 aromatic carbocycles. The first kappa shape index (κ1) is 15.3. The van der Waals surface area contributed by atoms with Gasteiger partial charge in [0.15, 0.2) is 0 Å². The molecule has 0 bridgehead atoms. The van der Waals surface area contributed by atoms with Gasteiger partial charge >= 0.3 is 18.0 Å². The summed E-state index contributed by atoms with van der Waals surface area (Å²) in [5.74, 6) is -1.83. The first-order valence-corrected chi connectivity index (χ1v) is 6.31. The fraction of sp³-hybridized carbons (Fsp3) is 0.750. The van der Waals surface area contributed by atoms with Crippen molar-refractivity contribution < 1.29 is 24.2 Å². The molecule has 0 radical (unpaired) electrons. The van der Waals surface area contributed by atoms with Crippen molar-refractivity contribution in [2.45, 2.75) is 26.8 Å². The number of ether oxygens (including phenoxy) is 1. The molecule has 1 heterocycles. The zero-order chi connectivity index (χ0) is 14.6. The molecule has 1 rings (SSSR count). The SMILES string of the molecule is CCOC(=O)C(C)NC(=O)N1CC(C(C)C(=O)O)C1. The molecule has 19 heavy (non-hydrogen) atoms. The lowest BCUT2D eigenvalue weighted by Crippen LogP contribution is -2.58. The Labute approximate surface area is 111 Å². The summed E-state index contributed by atoms with van der Waals surface area (Å²) < 4.78 is 4.78. The standard InChI is InChI=1S/C12H20N2O5/c1-4-19-11(17)8(3)13-12(18)14-5-9(6-14)7(2)10(15)16/h7-9H,4-6H2,1-3H3,(H,13,18)(H,15,16). The second kappa shape index (κ2) is 6.40. The number of carboxylic acid groups (broad SMARTS) is 1. The Morgan fingerprint density at radius 2 is 1.95 bits per heavy atom. The number of hydrogen-bond acceptors (Lipinski definition) is 4. The van der Waals surface area contributed by atoms with E-state index in [0.29, 0.717) is 13.1 Å². The Morgan fingerprint density at radius 1 is 1.37 bits per heavy atom. The Kier molecular flexibility index (Phi) is 5.14. The third-order valence-corrected chi connectivity index (χ3v) is 3.27. The molecule has 1 fully saturated rings. The van der Waals surface area contributed by atoms with Crippen LogP contribution in [0.15, 0.2) is 0 Å². The summed E-state index contributed by atoms with van der Waals surface area (Å²) in [5, 5.41) is 11.4. The van der Waals surface area contributed by atoms with E-state index in [0.717, 1.165) is 0 Å². The van der Waals surface area contributed by atoms with Gasteiger partial charge in [0.25, 0.3) is 0 Å². The highest BCUT2D eigenvalue weighted by atomic mass is 16.5. The number of aliphatic carboxylic acids is 1. The Balaban J connectivity index is 2.34. The predicted molar refractivity (Wildman–Crippen MR) is 66.5 cm³/mol. The molecule has 2 N–H and O–H groups in total. The average molecular weight is 272 g/mol. The number of esters is 1. The number of amides is 2. The molecule has 1 aliphatic heterocycles. The van der Waals surface area contributed by atoms with Crippen molar-refractivity contribution in [3.63, 3.8) is 0 Å². The highest BCUT2D eigenvalue weighted by molar-refractivity contribution is 5.83. The average Bonchev–Trinajstić information content (AvgIpc) is 2.26. The minimum Gasteiger partial charge on any atom is -0.481 e. The second-order valence-corrected chi connectivity index (χ2v) is 4.72. The number of carbonyl (C=O) groups excluding carboxylic acids is 2. The van der Waals surface area contributed by atoms with Crippen LogP contribution < -0.4 is 5.32 Å². The molecule has 0 spiro atoms. The molecule has 2 atom stereocenters. The highest BCUT2D eigenvalue weighted by Crippen LogP contribution is 2.23. The normalized spacial score (nSPS) is 18.2. The minimum absolute atomic E-state index is 0.0267. The highest BCUT2D eigenvalue weighted by Gasteiger charge is 2.37. The summed E-state index contributed by atoms with van der Waals surface area (Å²) in [6.07, 6.45) is 0. The van der Waals surface area contributed by atoms with Crippen LogP contribution in [-0.2, 0) is 14.3 Å². The van der Waals surface area contributed by atoms with Crippen LogP contribution in [0.5, 0.6) is 0 Å². The number of carboxylic acids is 1. The van der Waals surface area contributed by atoms with E-state index in [1.165, 1.54) is 4.90 Å². The molecule has 7 heteroatoms. The van der Waals surface area contributed by atoms with Gasteiger partial charge in [0.05, 0.1) is 12.5 Å². The maximum absolute atomic E-state index is 11.7. The van der Waals surface area contributed by atoms with Crippen molar-refractivity contribution in [1.82, 2.24) is 10.2 Å². The molecule has 0 aliphatic carbocycles. The van der Waals surface area contributed by atoms with Crippen molar-refractivity contribution in [3.05, 3.63) is 0 Å². The molecule has 7 nitrogen and oxygen atoms in total. The summed E-state index contributed by atoms with van der Waals surface area (Å²) in [7, 11) is 0. The van der Waals surface area contributed by atoms with E-state index in [4.69, 9.17) is 9.84 Å². The molecule has 1 aliphatic rings. The van der Waals surface area contributed by atoms with E-state index >= 15 is 0 Å². The molecule has 2 amide bonds. The van der Waals surface area contributed by atoms with E-state index in [2.05, 4.69) is 5.32 Å². The number of urea groups is 1. The van der Waals surface area contributed by atoms with E-state index in [1.807, 2.05) is 0 Å². The molecule has 1 saturated heterocycles. The Morgan fingerprint density at radius 3 is 2.42 bits per heavy atom. The van der Waals surface area contributed by atoms with E-state index in [9.17, 15) is 14.4 Å². The number of carbonyl (C=O) groups is 3. The zero-order valence-corrected chi connectivity index (χ0v) is 11.4. The van der Waals surface area contributed by atoms with Crippen molar-refractivity contribution in [1.29, 1.82) is 0 Å². The van der Waals surface area contributed by atoms with Gasteiger partial charge in [-0.25, -0.2) is 9.59 Å². The maximum atomic E-state index is 11.7. The van der Waals surface area contributed by atoms with Gasteiger partial charge in [0.1, 0.15) is 6.04 Å². The number of nitrogens with zero attached hydrogens (tertiary/aromatic N) is 1. The van der Waals surface area contributed by atoms with Gasteiger partial charge < -0.3 is 20.1 Å². The summed E-state index contributed by atoms with van der Waals surface area (Å²) in [4.78, 5) is 35.3. The van der Waals surface area contributed by atoms with Gasteiger partial charge in [-0.2, -0.15) is 0 Å². The smallest absolute Gasteiger partial charge is 0.328 e. The number of hydrogen-bond donors (Lipinski definition) is 2. The molecule has 108 valence electrons. The van der Waals surface area contributed by atoms with Crippen molar-refractivity contribution in [2.75, 3.05) is 19.7 Å². The van der Waals surface area contributed by atoms with Crippen molar-refractivity contribution >= 4 is 18.0 Å². The first-order chi connectivity index (χ1) is 8.86. The minimum atomic E-state index is -0.857. The van der Waals surface area contributed by atoms with Gasteiger partial charge in [0.2, 0.25) is 0 Å². The largest absolute Gasteiger partial charge is 0.481 e. The molecular weight excluding hydrogens is 252 g/mol. The lowest BCUT2D eigenvalue weighted by molar-refractivity contribution is -0.145. The van der Waals surface area contributed by atoms with Crippen LogP contribution in [-0.4, -0.2) is 53.7 Å². The van der Waals surface area contributed by atoms with Crippen LogP contribution in [0.4, 0.5) is 4.79 Å². The zero-order valence-electron chi connectivity index (χ0n) is 11.4. The fourth-order valence-corrected chi connectivity index (χ4v) is 1.80. The molecule has 0 saturated carbocycles. The lowest BCUT2D eigenvalue weighted by Gasteiger charge is -2.41. The monoisotopic (exact) mass is 272 g/mol. The Hall–Kier alpha value is -1.79. The molecule has 2 unspecified atom stereocenters. The summed E-state index contributed by atoms with van der Waals surface area (Å²) in [5.41, 5.74) is 0. The number of likely N-dealkylation sites (tertiary alicyclic amines) is 1.